The van der Waals surface area contributed by atoms with Crippen molar-refractivity contribution in [1.29, 1.82) is 0 Å². The number of allylic oxidation sites excluding steroid dienone is 3. The number of Topliss-reactive ketones (excluding diaryl/α,β-unsaturated/α-hetero) is 1. The zero-order valence-electron chi connectivity index (χ0n) is 17.7. The molecule has 0 saturated heterocycles. The van der Waals surface area contributed by atoms with Gasteiger partial charge >= 0.3 is 5.97 Å². The van der Waals surface area contributed by atoms with Crippen LogP contribution < -0.4 is 5.32 Å². The fraction of sp³-hybridized carbons (Fsp3) is 0.333. The zero-order valence-corrected chi connectivity index (χ0v) is 20.1. The third-order valence-electron chi connectivity index (χ3n) is 5.78. The number of halogens is 2. The Morgan fingerprint density at radius 2 is 2.09 bits per heavy atom. The average molecular weight is 520 g/mol. The molecule has 1 aromatic carbocycles. The number of dihydropyridines is 1. The second-order valence-corrected chi connectivity index (χ2v) is 9.72. The SMILES string of the molecule is COCCOC(=O)C1=C(C)NC2=C(C(=O)C[C@@H](c3cccs3)C2)[C@H]1c1cc(Br)ccc1F. The summed E-state index contributed by atoms with van der Waals surface area (Å²) in [5.41, 5.74) is 2.28. The molecule has 8 heteroatoms. The number of carbonyl (C=O) groups excluding carboxylic acids is 2. The molecule has 0 saturated carbocycles. The van der Waals surface area contributed by atoms with Gasteiger partial charge in [0.1, 0.15) is 12.4 Å². The molecule has 1 aliphatic heterocycles. The van der Waals surface area contributed by atoms with Gasteiger partial charge in [-0.1, -0.05) is 22.0 Å². The molecular formula is C24H23BrFNO4S. The van der Waals surface area contributed by atoms with Gasteiger partial charge in [-0.25, -0.2) is 9.18 Å². The van der Waals surface area contributed by atoms with E-state index >= 15 is 4.39 Å². The summed E-state index contributed by atoms with van der Waals surface area (Å²) >= 11 is 5.02. The molecule has 1 aliphatic carbocycles. The number of carbonyl (C=O) groups is 2. The maximum atomic E-state index is 15.0. The minimum Gasteiger partial charge on any atom is -0.460 e. The average Bonchev–Trinajstić information content (AvgIpc) is 3.29. The molecule has 5 nitrogen and oxygen atoms in total. The molecule has 2 aromatic rings. The van der Waals surface area contributed by atoms with Crippen molar-refractivity contribution in [3.8, 4) is 0 Å². The molecule has 32 heavy (non-hydrogen) atoms. The van der Waals surface area contributed by atoms with Crippen LogP contribution in [0.5, 0.6) is 0 Å². The van der Waals surface area contributed by atoms with Crippen molar-refractivity contribution in [3.05, 3.63) is 79.0 Å². The highest BCUT2D eigenvalue weighted by molar-refractivity contribution is 9.10. The summed E-state index contributed by atoms with van der Waals surface area (Å²) < 4.78 is 26.1. The lowest BCUT2D eigenvalue weighted by Gasteiger charge is -2.36. The van der Waals surface area contributed by atoms with Crippen LogP contribution in [0, 0.1) is 5.82 Å². The Kier molecular flexibility index (Phi) is 6.93. The van der Waals surface area contributed by atoms with Crippen LogP contribution in [0.25, 0.3) is 0 Å². The zero-order chi connectivity index (χ0) is 22.8. The summed E-state index contributed by atoms with van der Waals surface area (Å²) in [6.07, 6.45) is 0.940. The van der Waals surface area contributed by atoms with Crippen LogP contribution >= 0.6 is 27.3 Å². The Bertz CT molecular complexity index is 1110. The number of nitrogens with one attached hydrogen (secondary N) is 1. The van der Waals surface area contributed by atoms with Gasteiger partial charge in [0.25, 0.3) is 0 Å². The van der Waals surface area contributed by atoms with Crippen molar-refractivity contribution >= 4 is 39.0 Å². The lowest BCUT2D eigenvalue weighted by Crippen LogP contribution is -2.36. The van der Waals surface area contributed by atoms with E-state index in [-0.39, 0.29) is 36.1 Å². The summed E-state index contributed by atoms with van der Waals surface area (Å²) in [7, 11) is 1.52. The van der Waals surface area contributed by atoms with E-state index in [4.69, 9.17) is 9.47 Å². The van der Waals surface area contributed by atoms with Crippen LogP contribution in [0.1, 0.15) is 42.0 Å². The Labute approximate surface area is 198 Å². The highest BCUT2D eigenvalue weighted by Crippen LogP contribution is 2.47. The number of ether oxygens (including phenoxy) is 2. The first-order valence-corrected chi connectivity index (χ1v) is 12.0. The van der Waals surface area contributed by atoms with E-state index in [1.165, 1.54) is 13.2 Å². The number of ketones is 1. The molecule has 0 fully saturated rings. The van der Waals surface area contributed by atoms with Crippen LogP contribution in [-0.4, -0.2) is 32.1 Å². The summed E-state index contributed by atoms with van der Waals surface area (Å²) in [4.78, 5) is 27.6. The molecule has 4 rings (SSSR count). The molecule has 1 N–H and O–H groups in total. The highest BCUT2D eigenvalue weighted by Gasteiger charge is 2.42. The first kappa shape index (κ1) is 22.9. The summed E-state index contributed by atoms with van der Waals surface area (Å²) in [5.74, 6) is -1.93. The fourth-order valence-corrected chi connectivity index (χ4v) is 5.59. The van der Waals surface area contributed by atoms with E-state index in [1.807, 2.05) is 17.5 Å². The van der Waals surface area contributed by atoms with Gasteiger partial charge < -0.3 is 14.8 Å². The van der Waals surface area contributed by atoms with Gasteiger partial charge in [0.05, 0.1) is 18.1 Å². The Hall–Kier alpha value is -2.29. The Balaban J connectivity index is 1.80. The molecule has 2 aliphatic rings. The summed E-state index contributed by atoms with van der Waals surface area (Å²) in [6, 6.07) is 8.57. The normalized spacial score (nSPS) is 20.8. The highest BCUT2D eigenvalue weighted by atomic mass is 79.9. The van der Waals surface area contributed by atoms with Gasteiger partial charge in [0.2, 0.25) is 0 Å². The molecule has 0 unspecified atom stereocenters. The van der Waals surface area contributed by atoms with Crippen LogP contribution in [0.15, 0.2) is 62.7 Å². The fourth-order valence-electron chi connectivity index (χ4n) is 4.38. The van der Waals surface area contributed by atoms with Crippen LogP contribution in [-0.2, 0) is 19.1 Å². The predicted octanol–water partition coefficient (Wildman–Crippen LogP) is 5.20. The number of thiophene rings is 1. The summed E-state index contributed by atoms with van der Waals surface area (Å²) in [6.45, 7) is 2.08. The third-order valence-corrected chi connectivity index (χ3v) is 7.31. The van der Waals surface area contributed by atoms with Crippen LogP contribution in [0.3, 0.4) is 0 Å². The first-order chi connectivity index (χ1) is 15.4. The molecule has 2 heterocycles. The molecule has 1 aromatic heterocycles. The lowest BCUT2D eigenvalue weighted by molar-refractivity contribution is -0.140. The second kappa shape index (κ2) is 9.68. The maximum Gasteiger partial charge on any atom is 0.336 e. The van der Waals surface area contributed by atoms with Gasteiger partial charge in [0, 0.05) is 51.3 Å². The van der Waals surface area contributed by atoms with Gasteiger partial charge in [-0.15, -0.1) is 11.3 Å². The monoisotopic (exact) mass is 519 g/mol. The van der Waals surface area contributed by atoms with Gasteiger partial charge in [0.15, 0.2) is 5.78 Å². The van der Waals surface area contributed by atoms with E-state index in [0.29, 0.717) is 28.6 Å². The van der Waals surface area contributed by atoms with E-state index in [2.05, 4.69) is 21.2 Å². The van der Waals surface area contributed by atoms with Crippen molar-refractivity contribution in [2.75, 3.05) is 20.3 Å². The minimum absolute atomic E-state index is 0.0600. The third kappa shape index (κ3) is 4.44. The van der Waals surface area contributed by atoms with E-state index in [9.17, 15) is 9.59 Å². The molecular weight excluding hydrogens is 497 g/mol. The lowest BCUT2D eigenvalue weighted by atomic mass is 9.72. The van der Waals surface area contributed by atoms with Crippen molar-refractivity contribution in [3.63, 3.8) is 0 Å². The van der Waals surface area contributed by atoms with Crippen molar-refractivity contribution < 1.29 is 23.5 Å². The van der Waals surface area contributed by atoms with Gasteiger partial charge in [-0.05, 0) is 43.0 Å². The number of hydrogen-bond acceptors (Lipinski definition) is 6. The largest absolute Gasteiger partial charge is 0.460 e. The second-order valence-electron chi connectivity index (χ2n) is 7.83. The number of methoxy groups -OCH3 is 1. The quantitative estimate of drug-likeness (QED) is 0.419. The molecule has 168 valence electrons. The standard InChI is InChI=1S/C24H23BrFNO4S/c1-13-21(24(29)31-8-7-30-2)22(16-12-15(25)5-6-17(16)26)23-18(27-13)10-14(11-19(23)28)20-4-3-9-32-20/h3-6,9,12,14,22,27H,7-8,10-11H2,1-2H3/t14-,22-/m0/s1. The number of esters is 1. The number of rotatable bonds is 6. The Morgan fingerprint density at radius 1 is 1.28 bits per heavy atom. The predicted molar refractivity (Wildman–Crippen MR) is 124 cm³/mol. The van der Waals surface area contributed by atoms with Crippen molar-refractivity contribution in [1.82, 2.24) is 5.32 Å². The number of hydrogen-bond donors (Lipinski definition) is 1. The van der Waals surface area contributed by atoms with E-state index in [1.54, 1.807) is 30.4 Å². The molecule has 0 amide bonds. The van der Waals surface area contributed by atoms with Crippen molar-refractivity contribution in [2.45, 2.75) is 31.6 Å². The minimum atomic E-state index is -0.837. The van der Waals surface area contributed by atoms with Crippen LogP contribution in [0.2, 0.25) is 0 Å². The topological polar surface area (TPSA) is 64.6 Å². The van der Waals surface area contributed by atoms with Crippen LogP contribution in [0.4, 0.5) is 4.39 Å². The maximum absolute atomic E-state index is 15.0. The summed E-state index contributed by atoms with van der Waals surface area (Å²) in [5, 5.41) is 5.27. The van der Waals surface area contributed by atoms with Gasteiger partial charge in [-0.3, -0.25) is 4.79 Å². The molecule has 0 spiro atoms. The number of benzene rings is 1. The molecule has 2 atom stereocenters. The Morgan fingerprint density at radius 3 is 2.81 bits per heavy atom. The van der Waals surface area contributed by atoms with E-state index in [0.717, 1.165) is 10.6 Å². The van der Waals surface area contributed by atoms with Gasteiger partial charge in [-0.2, -0.15) is 0 Å². The molecule has 0 radical (unpaired) electrons. The van der Waals surface area contributed by atoms with E-state index < -0.39 is 17.7 Å². The van der Waals surface area contributed by atoms with Crippen molar-refractivity contribution in [2.24, 2.45) is 0 Å². The first-order valence-electron chi connectivity index (χ1n) is 10.3. The molecule has 0 bridgehead atoms. The smallest absolute Gasteiger partial charge is 0.336 e.